The topological polar surface area (TPSA) is 44.3 Å². The van der Waals surface area contributed by atoms with Gasteiger partial charge in [0.15, 0.2) is 0 Å². The van der Waals surface area contributed by atoms with Crippen molar-refractivity contribution in [3.63, 3.8) is 0 Å². The Morgan fingerprint density at radius 2 is 2.06 bits per heavy atom. The van der Waals surface area contributed by atoms with Crippen LogP contribution in [0.3, 0.4) is 0 Å². The lowest BCUT2D eigenvalue weighted by molar-refractivity contribution is 0.113. The predicted octanol–water partition coefficient (Wildman–Crippen LogP) is -0.188. The Kier molecular flexibility index (Phi) is 4.42. The van der Waals surface area contributed by atoms with E-state index in [1.54, 1.807) is 12.4 Å². The van der Waals surface area contributed by atoms with Gasteiger partial charge < -0.3 is 10.2 Å². The van der Waals surface area contributed by atoms with Crippen LogP contribution in [0.2, 0.25) is 0 Å². The second-order valence-corrected chi connectivity index (χ2v) is 4.69. The number of piperazine rings is 1. The minimum Gasteiger partial charge on any atom is -0.308 e. The SMILES string of the molecule is CN1CCN(C)C(CNCc2ncccn2)C1. The summed E-state index contributed by atoms with van der Waals surface area (Å²) in [4.78, 5) is 13.2. The zero-order valence-electron chi connectivity index (χ0n) is 10.6. The molecule has 1 N–H and O–H groups in total. The second kappa shape index (κ2) is 6.05. The highest BCUT2D eigenvalue weighted by atomic mass is 15.3. The zero-order valence-corrected chi connectivity index (χ0v) is 10.6. The van der Waals surface area contributed by atoms with Crippen LogP contribution in [-0.4, -0.2) is 66.1 Å². The van der Waals surface area contributed by atoms with E-state index in [-0.39, 0.29) is 0 Å². The van der Waals surface area contributed by atoms with E-state index in [9.17, 15) is 0 Å². The number of hydrogen-bond donors (Lipinski definition) is 1. The standard InChI is InChI=1S/C12H21N5/c1-16-6-7-17(2)11(10-16)8-13-9-12-14-4-3-5-15-12/h3-5,11,13H,6-10H2,1-2H3. The summed E-state index contributed by atoms with van der Waals surface area (Å²) in [6, 6.07) is 2.42. The number of likely N-dealkylation sites (N-methyl/N-ethyl adjacent to an activating group) is 2. The Hall–Kier alpha value is -1.04. The number of aromatic nitrogens is 2. The van der Waals surface area contributed by atoms with Crippen molar-refractivity contribution in [2.45, 2.75) is 12.6 Å². The van der Waals surface area contributed by atoms with Gasteiger partial charge in [0.1, 0.15) is 5.82 Å². The molecule has 17 heavy (non-hydrogen) atoms. The minimum absolute atomic E-state index is 0.581. The monoisotopic (exact) mass is 235 g/mol. The number of hydrogen-bond acceptors (Lipinski definition) is 5. The molecule has 0 bridgehead atoms. The van der Waals surface area contributed by atoms with E-state index in [1.165, 1.54) is 0 Å². The van der Waals surface area contributed by atoms with E-state index in [4.69, 9.17) is 0 Å². The van der Waals surface area contributed by atoms with Crippen LogP contribution in [-0.2, 0) is 6.54 Å². The molecule has 1 aliphatic heterocycles. The van der Waals surface area contributed by atoms with Crippen molar-refractivity contribution in [1.82, 2.24) is 25.1 Å². The molecule has 2 rings (SSSR count). The van der Waals surface area contributed by atoms with Crippen LogP contribution >= 0.6 is 0 Å². The maximum Gasteiger partial charge on any atom is 0.141 e. The lowest BCUT2D eigenvalue weighted by Crippen LogP contribution is -2.53. The molecule has 0 aliphatic carbocycles. The molecule has 94 valence electrons. The Morgan fingerprint density at radius 3 is 2.82 bits per heavy atom. The maximum atomic E-state index is 4.20. The molecule has 1 aromatic rings. The van der Waals surface area contributed by atoms with Gasteiger partial charge in [-0.2, -0.15) is 0 Å². The molecule has 1 atom stereocenters. The zero-order chi connectivity index (χ0) is 12.1. The van der Waals surface area contributed by atoms with Gasteiger partial charge in [0.2, 0.25) is 0 Å². The van der Waals surface area contributed by atoms with Crippen LogP contribution < -0.4 is 5.32 Å². The van der Waals surface area contributed by atoms with Gasteiger partial charge in [-0.1, -0.05) is 0 Å². The van der Waals surface area contributed by atoms with E-state index < -0.39 is 0 Å². The van der Waals surface area contributed by atoms with Crippen LogP contribution in [0.25, 0.3) is 0 Å². The Morgan fingerprint density at radius 1 is 1.29 bits per heavy atom. The lowest BCUT2D eigenvalue weighted by Gasteiger charge is -2.37. The van der Waals surface area contributed by atoms with Gasteiger partial charge in [-0.3, -0.25) is 4.90 Å². The molecule has 1 unspecified atom stereocenters. The van der Waals surface area contributed by atoms with Gasteiger partial charge in [-0.05, 0) is 20.2 Å². The first-order valence-corrected chi connectivity index (χ1v) is 6.11. The average molecular weight is 235 g/mol. The van der Waals surface area contributed by atoms with E-state index >= 15 is 0 Å². The van der Waals surface area contributed by atoms with E-state index in [0.29, 0.717) is 6.04 Å². The summed E-state index contributed by atoms with van der Waals surface area (Å²) in [7, 11) is 4.37. The quantitative estimate of drug-likeness (QED) is 0.784. The van der Waals surface area contributed by atoms with E-state index in [0.717, 1.165) is 38.5 Å². The molecule has 0 spiro atoms. The molecule has 2 heterocycles. The minimum atomic E-state index is 0.581. The Labute approximate surface area is 103 Å². The van der Waals surface area contributed by atoms with Crippen molar-refractivity contribution in [1.29, 1.82) is 0 Å². The van der Waals surface area contributed by atoms with Gasteiger partial charge in [0.05, 0.1) is 6.54 Å². The molecule has 1 aliphatic rings. The highest BCUT2D eigenvalue weighted by Gasteiger charge is 2.21. The molecule has 1 saturated heterocycles. The smallest absolute Gasteiger partial charge is 0.141 e. The summed E-state index contributed by atoms with van der Waals surface area (Å²) in [5, 5.41) is 3.43. The van der Waals surface area contributed by atoms with Crippen molar-refractivity contribution >= 4 is 0 Å². The number of rotatable bonds is 4. The van der Waals surface area contributed by atoms with Gasteiger partial charge in [-0.15, -0.1) is 0 Å². The van der Waals surface area contributed by atoms with Crippen LogP contribution in [0, 0.1) is 0 Å². The lowest BCUT2D eigenvalue weighted by atomic mass is 10.2. The third-order valence-corrected chi connectivity index (χ3v) is 3.26. The second-order valence-electron chi connectivity index (χ2n) is 4.69. The first-order valence-electron chi connectivity index (χ1n) is 6.11. The summed E-state index contributed by atoms with van der Waals surface area (Å²) >= 11 is 0. The molecule has 5 heteroatoms. The van der Waals surface area contributed by atoms with Crippen molar-refractivity contribution in [2.75, 3.05) is 40.3 Å². The fourth-order valence-corrected chi connectivity index (χ4v) is 2.09. The summed E-state index contributed by atoms with van der Waals surface area (Å²) in [5.74, 6) is 0.860. The van der Waals surface area contributed by atoms with Crippen LogP contribution in [0.15, 0.2) is 18.5 Å². The first kappa shape index (κ1) is 12.4. The van der Waals surface area contributed by atoms with Gasteiger partial charge in [0.25, 0.3) is 0 Å². The van der Waals surface area contributed by atoms with Crippen LogP contribution in [0.1, 0.15) is 5.82 Å². The number of nitrogens with zero attached hydrogens (tertiary/aromatic N) is 4. The average Bonchev–Trinajstić information content (AvgIpc) is 2.35. The maximum absolute atomic E-state index is 4.20. The fourth-order valence-electron chi connectivity index (χ4n) is 2.09. The highest BCUT2D eigenvalue weighted by Crippen LogP contribution is 2.04. The fraction of sp³-hybridized carbons (Fsp3) is 0.667. The molecule has 1 fully saturated rings. The largest absolute Gasteiger partial charge is 0.308 e. The normalized spacial score (nSPS) is 22.8. The third-order valence-electron chi connectivity index (χ3n) is 3.26. The molecular weight excluding hydrogens is 214 g/mol. The van der Waals surface area contributed by atoms with E-state index in [2.05, 4.69) is 39.2 Å². The Balaban J connectivity index is 1.74. The number of nitrogens with one attached hydrogen (secondary N) is 1. The summed E-state index contributed by atoms with van der Waals surface area (Å²) < 4.78 is 0. The van der Waals surface area contributed by atoms with Crippen molar-refractivity contribution in [2.24, 2.45) is 0 Å². The summed E-state index contributed by atoms with van der Waals surface area (Å²) in [6.07, 6.45) is 3.56. The summed E-state index contributed by atoms with van der Waals surface area (Å²) in [5.41, 5.74) is 0. The van der Waals surface area contributed by atoms with E-state index in [1.807, 2.05) is 6.07 Å². The molecule has 1 aromatic heterocycles. The summed E-state index contributed by atoms with van der Waals surface area (Å²) in [6.45, 7) is 5.16. The molecule has 0 aromatic carbocycles. The molecule has 0 amide bonds. The highest BCUT2D eigenvalue weighted by molar-refractivity contribution is 4.88. The Bertz CT molecular complexity index is 329. The molecular formula is C12H21N5. The van der Waals surface area contributed by atoms with Crippen LogP contribution in [0.5, 0.6) is 0 Å². The first-order chi connectivity index (χ1) is 8.25. The van der Waals surface area contributed by atoms with Crippen molar-refractivity contribution in [3.05, 3.63) is 24.3 Å². The van der Waals surface area contributed by atoms with Gasteiger partial charge >= 0.3 is 0 Å². The van der Waals surface area contributed by atoms with Crippen LogP contribution in [0.4, 0.5) is 0 Å². The van der Waals surface area contributed by atoms with Gasteiger partial charge in [0, 0.05) is 44.6 Å². The van der Waals surface area contributed by atoms with Crippen molar-refractivity contribution < 1.29 is 0 Å². The predicted molar refractivity (Wildman–Crippen MR) is 67.7 cm³/mol. The molecule has 0 radical (unpaired) electrons. The third kappa shape index (κ3) is 3.73. The van der Waals surface area contributed by atoms with Gasteiger partial charge in [-0.25, -0.2) is 9.97 Å². The van der Waals surface area contributed by atoms with Crippen molar-refractivity contribution in [3.8, 4) is 0 Å². The molecule has 5 nitrogen and oxygen atoms in total. The molecule has 0 saturated carbocycles.